The summed E-state index contributed by atoms with van der Waals surface area (Å²) in [6.45, 7) is 0. The van der Waals surface area contributed by atoms with E-state index in [-0.39, 0.29) is 0 Å². The number of hydrogen-bond donors (Lipinski definition) is 0. The third-order valence-corrected chi connectivity index (χ3v) is 3.98. The highest BCUT2D eigenvalue weighted by molar-refractivity contribution is 5.82. The Kier molecular flexibility index (Phi) is 2.67. The zero-order chi connectivity index (χ0) is 13.4. The van der Waals surface area contributed by atoms with Gasteiger partial charge in [-0.3, -0.25) is 0 Å². The molecule has 0 N–H and O–H groups in total. The molecule has 0 aromatic heterocycles. The van der Waals surface area contributed by atoms with Gasteiger partial charge in [-0.1, -0.05) is 72.8 Å². The zero-order valence-corrected chi connectivity index (χ0v) is 11.2. The van der Waals surface area contributed by atoms with Gasteiger partial charge in [-0.15, -0.1) is 0 Å². The highest BCUT2D eigenvalue weighted by Crippen LogP contribution is 2.39. The smallest absolute Gasteiger partial charge is 0.0214 e. The third kappa shape index (κ3) is 1.85. The van der Waals surface area contributed by atoms with Gasteiger partial charge in [0.05, 0.1) is 0 Å². The highest BCUT2D eigenvalue weighted by Gasteiger charge is 2.20. The predicted molar refractivity (Wildman–Crippen MR) is 83.6 cm³/mol. The van der Waals surface area contributed by atoms with E-state index in [9.17, 15) is 0 Å². The Morgan fingerprint density at radius 3 is 2.25 bits per heavy atom. The largest absolute Gasteiger partial charge is 0.0622 e. The topological polar surface area (TPSA) is 0 Å². The molecule has 0 unspecified atom stereocenters. The van der Waals surface area contributed by atoms with Gasteiger partial charge in [-0.05, 0) is 39.8 Å². The van der Waals surface area contributed by atoms with Crippen molar-refractivity contribution >= 4 is 0 Å². The third-order valence-electron chi connectivity index (χ3n) is 3.98. The molecule has 0 nitrogen and oxygen atoms in total. The Morgan fingerprint density at radius 2 is 1.35 bits per heavy atom. The van der Waals surface area contributed by atoms with Gasteiger partial charge in [0.15, 0.2) is 0 Å². The summed E-state index contributed by atoms with van der Waals surface area (Å²) < 4.78 is 0. The lowest BCUT2D eigenvalue weighted by atomic mass is 9.96. The normalized spacial score (nSPS) is 12.0. The SMILES string of the molecule is [CH]1c2ccccc2-c2cccc(Cc3ccccc3)c21. The molecule has 0 heterocycles. The van der Waals surface area contributed by atoms with Crippen molar-refractivity contribution in [1.29, 1.82) is 0 Å². The molecule has 95 valence electrons. The monoisotopic (exact) mass is 255 g/mol. The van der Waals surface area contributed by atoms with E-state index in [1.807, 2.05) is 0 Å². The molecule has 0 saturated carbocycles. The first-order valence-corrected chi connectivity index (χ1v) is 7.02. The van der Waals surface area contributed by atoms with Gasteiger partial charge in [0, 0.05) is 6.42 Å². The second-order valence-corrected chi connectivity index (χ2v) is 5.27. The van der Waals surface area contributed by atoms with Crippen LogP contribution in [0.3, 0.4) is 0 Å². The molecule has 20 heavy (non-hydrogen) atoms. The van der Waals surface area contributed by atoms with Crippen molar-refractivity contribution in [3.05, 3.63) is 101 Å². The van der Waals surface area contributed by atoms with Crippen LogP contribution in [-0.4, -0.2) is 0 Å². The van der Waals surface area contributed by atoms with Gasteiger partial charge in [-0.25, -0.2) is 0 Å². The fraction of sp³-hybridized carbons (Fsp3) is 0.0500. The summed E-state index contributed by atoms with van der Waals surface area (Å²) in [7, 11) is 0. The van der Waals surface area contributed by atoms with Crippen molar-refractivity contribution in [2.75, 3.05) is 0 Å². The van der Waals surface area contributed by atoms with E-state index in [1.54, 1.807) is 0 Å². The van der Waals surface area contributed by atoms with Crippen molar-refractivity contribution in [2.24, 2.45) is 0 Å². The molecule has 0 heteroatoms. The van der Waals surface area contributed by atoms with E-state index in [1.165, 1.54) is 33.4 Å². The number of benzene rings is 3. The molecule has 0 spiro atoms. The zero-order valence-electron chi connectivity index (χ0n) is 11.2. The van der Waals surface area contributed by atoms with Gasteiger partial charge in [0.1, 0.15) is 0 Å². The summed E-state index contributed by atoms with van der Waals surface area (Å²) in [6.07, 6.45) is 3.32. The second kappa shape index (κ2) is 4.64. The molecular weight excluding hydrogens is 240 g/mol. The summed E-state index contributed by atoms with van der Waals surface area (Å²) in [6, 6.07) is 26.0. The minimum atomic E-state index is 0.995. The molecule has 0 saturated heterocycles. The molecule has 0 amide bonds. The molecule has 0 atom stereocenters. The standard InChI is InChI=1S/C20H15/c1-2-7-15(8-3-1)13-16-10-6-12-19-18-11-5-4-9-17(18)14-20(16)19/h1-12,14H,13H2. The van der Waals surface area contributed by atoms with E-state index in [4.69, 9.17) is 0 Å². The Labute approximate surface area is 119 Å². The maximum Gasteiger partial charge on any atom is 0.0214 e. The average molecular weight is 255 g/mol. The molecule has 1 aliphatic rings. The number of hydrogen-bond acceptors (Lipinski definition) is 0. The van der Waals surface area contributed by atoms with Crippen molar-refractivity contribution in [2.45, 2.75) is 6.42 Å². The first-order chi connectivity index (χ1) is 9.92. The minimum Gasteiger partial charge on any atom is -0.0622 e. The predicted octanol–water partition coefficient (Wildman–Crippen LogP) is 4.86. The molecule has 1 aliphatic carbocycles. The van der Waals surface area contributed by atoms with Crippen molar-refractivity contribution in [3.63, 3.8) is 0 Å². The molecular formula is C20H15. The van der Waals surface area contributed by atoms with Gasteiger partial charge < -0.3 is 0 Å². The maximum atomic E-state index is 2.32. The first-order valence-electron chi connectivity index (χ1n) is 7.02. The average Bonchev–Trinajstić information content (AvgIpc) is 2.88. The van der Waals surface area contributed by atoms with Crippen LogP contribution in [-0.2, 0) is 6.42 Å². The number of rotatable bonds is 2. The molecule has 3 aromatic rings. The molecule has 0 aliphatic heterocycles. The van der Waals surface area contributed by atoms with Crippen LogP contribution in [0.5, 0.6) is 0 Å². The maximum absolute atomic E-state index is 2.32. The van der Waals surface area contributed by atoms with E-state index in [2.05, 4.69) is 79.2 Å². The summed E-state index contributed by atoms with van der Waals surface area (Å²) in [4.78, 5) is 0. The van der Waals surface area contributed by atoms with Crippen LogP contribution in [0.15, 0.2) is 72.8 Å². The van der Waals surface area contributed by atoms with Gasteiger partial charge in [0.25, 0.3) is 0 Å². The first kappa shape index (κ1) is 11.5. The van der Waals surface area contributed by atoms with Crippen LogP contribution in [0, 0.1) is 6.42 Å². The van der Waals surface area contributed by atoms with Crippen molar-refractivity contribution in [1.82, 2.24) is 0 Å². The van der Waals surface area contributed by atoms with Crippen LogP contribution in [0.4, 0.5) is 0 Å². The highest BCUT2D eigenvalue weighted by atomic mass is 14.2. The van der Waals surface area contributed by atoms with Crippen LogP contribution < -0.4 is 0 Å². The van der Waals surface area contributed by atoms with Crippen LogP contribution in [0.1, 0.15) is 22.3 Å². The summed E-state index contributed by atoms with van der Waals surface area (Å²) >= 11 is 0. The Bertz CT molecular complexity index is 754. The molecule has 0 bridgehead atoms. The van der Waals surface area contributed by atoms with E-state index in [0.29, 0.717) is 0 Å². The lowest BCUT2D eigenvalue weighted by Gasteiger charge is -2.08. The lowest BCUT2D eigenvalue weighted by Crippen LogP contribution is -1.93. The van der Waals surface area contributed by atoms with E-state index >= 15 is 0 Å². The van der Waals surface area contributed by atoms with Crippen molar-refractivity contribution in [3.8, 4) is 11.1 Å². The summed E-state index contributed by atoms with van der Waals surface area (Å²) in [5.41, 5.74) is 8.22. The quantitative estimate of drug-likeness (QED) is 0.480. The summed E-state index contributed by atoms with van der Waals surface area (Å²) in [5.74, 6) is 0. The second-order valence-electron chi connectivity index (χ2n) is 5.27. The molecule has 3 aromatic carbocycles. The lowest BCUT2D eigenvalue weighted by molar-refractivity contribution is 1.17. The minimum absolute atomic E-state index is 0.995. The summed E-state index contributed by atoms with van der Waals surface area (Å²) in [5, 5.41) is 0. The van der Waals surface area contributed by atoms with Crippen molar-refractivity contribution < 1.29 is 0 Å². The van der Waals surface area contributed by atoms with E-state index < -0.39 is 0 Å². The van der Waals surface area contributed by atoms with Crippen LogP contribution in [0.2, 0.25) is 0 Å². The van der Waals surface area contributed by atoms with Gasteiger partial charge in [0.2, 0.25) is 0 Å². The van der Waals surface area contributed by atoms with Crippen LogP contribution in [0.25, 0.3) is 11.1 Å². The van der Waals surface area contributed by atoms with Gasteiger partial charge >= 0.3 is 0 Å². The fourth-order valence-electron chi connectivity index (χ4n) is 3.01. The fourth-order valence-corrected chi connectivity index (χ4v) is 3.01. The molecule has 0 fully saturated rings. The van der Waals surface area contributed by atoms with Crippen LogP contribution >= 0.6 is 0 Å². The Balaban J connectivity index is 1.78. The molecule has 1 radical (unpaired) electrons. The Morgan fingerprint density at radius 1 is 0.600 bits per heavy atom. The Hall–Kier alpha value is -2.34. The number of fused-ring (bicyclic) bond motifs is 3. The van der Waals surface area contributed by atoms with E-state index in [0.717, 1.165) is 6.42 Å². The molecule has 4 rings (SSSR count). The van der Waals surface area contributed by atoms with Gasteiger partial charge in [-0.2, -0.15) is 0 Å².